The van der Waals surface area contributed by atoms with Crippen molar-refractivity contribution >= 4 is 21.6 Å². The molecule has 1 N–H and O–H groups in total. The Morgan fingerprint density at radius 3 is 2.30 bits per heavy atom. The number of anilines is 1. The van der Waals surface area contributed by atoms with E-state index in [2.05, 4.69) is 5.32 Å². The molecule has 7 nitrogen and oxygen atoms in total. The van der Waals surface area contributed by atoms with Gasteiger partial charge in [0.25, 0.3) is 10.0 Å². The predicted octanol–water partition coefficient (Wildman–Crippen LogP) is 3.78. The summed E-state index contributed by atoms with van der Waals surface area (Å²) >= 11 is 0. The summed E-state index contributed by atoms with van der Waals surface area (Å²) in [5.74, 6) is 0.864. The maximum absolute atomic E-state index is 13.4. The van der Waals surface area contributed by atoms with Crippen molar-refractivity contribution < 1.29 is 22.7 Å². The fourth-order valence-electron chi connectivity index (χ4n) is 3.16. The van der Waals surface area contributed by atoms with Crippen molar-refractivity contribution in [3.05, 3.63) is 84.4 Å². The first-order valence-electron chi connectivity index (χ1n) is 10.7. The van der Waals surface area contributed by atoms with Crippen LogP contribution in [-0.4, -0.2) is 40.6 Å². The Balaban J connectivity index is 1.68. The minimum absolute atomic E-state index is 0.0744. The number of hydrogen-bond acceptors (Lipinski definition) is 5. The van der Waals surface area contributed by atoms with Gasteiger partial charge in [0.1, 0.15) is 24.7 Å². The summed E-state index contributed by atoms with van der Waals surface area (Å²) in [7, 11) is -3.97. The summed E-state index contributed by atoms with van der Waals surface area (Å²) < 4.78 is 38.9. The molecule has 0 spiro atoms. The zero-order valence-corrected chi connectivity index (χ0v) is 19.5. The maximum Gasteiger partial charge on any atom is 0.264 e. The molecule has 8 heteroatoms. The van der Waals surface area contributed by atoms with E-state index in [0.29, 0.717) is 23.8 Å². The topological polar surface area (TPSA) is 84.9 Å². The van der Waals surface area contributed by atoms with E-state index in [1.807, 2.05) is 38.1 Å². The first-order chi connectivity index (χ1) is 15.9. The Hall–Kier alpha value is -3.52. The van der Waals surface area contributed by atoms with Gasteiger partial charge in [-0.25, -0.2) is 8.42 Å². The lowest BCUT2D eigenvalue weighted by molar-refractivity contribution is -0.119. The number of hydrogen-bond donors (Lipinski definition) is 1. The SMILES string of the molecule is CCOc1ccc(S(=O)(=O)N(CC(=O)NCCOc2cccc(C)c2)c2ccccc2)cc1. The van der Waals surface area contributed by atoms with Crippen LogP contribution in [0.2, 0.25) is 0 Å². The van der Waals surface area contributed by atoms with Gasteiger partial charge < -0.3 is 14.8 Å². The summed E-state index contributed by atoms with van der Waals surface area (Å²) in [6.45, 7) is 4.47. The lowest BCUT2D eigenvalue weighted by Crippen LogP contribution is -2.41. The molecule has 0 radical (unpaired) electrons. The Morgan fingerprint density at radius 2 is 1.64 bits per heavy atom. The average Bonchev–Trinajstić information content (AvgIpc) is 2.81. The summed E-state index contributed by atoms with van der Waals surface area (Å²) in [6, 6.07) is 22.3. The highest BCUT2D eigenvalue weighted by atomic mass is 32.2. The molecule has 3 rings (SSSR count). The van der Waals surface area contributed by atoms with Gasteiger partial charge in [0.05, 0.1) is 23.7 Å². The lowest BCUT2D eigenvalue weighted by Gasteiger charge is -2.24. The van der Waals surface area contributed by atoms with E-state index >= 15 is 0 Å². The van der Waals surface area contributed by atoms with Crippen LogP contribution in [0.5, 0.6) is 11.5 Å². The van der Waals surface area contributed by atoms with E-state index in [1.54, 1.807) is 42.5 Å². The number of para-hydroxylation sites is 1. The molecule has 0 aliphatic rings. The summed E-state index contributed by atoms with van der Waals surface area (Å²) in [5, 5.41) is 2.73. The second kappa shape index (κ2) is 11.4. The number of carbonyl (C=O) groups is 1. The van der Waals surface area contributed by atoms with Crippen LogP contribution in [0.15, 0.2) is 83.8 Å². The van der Waals surface area contributed by atoms with E-state index < -0.39 is 15.9 Å². The van der Waals surface area contributed by atoms with Crippen molar-refractivity contribution in [1.82, 2.24) is 5.32 Å². The normalized spacial score (nSPS) is 11.0. The van der Waals surface area contributed by atoms with E-state index in [1.165, 1.54) is 12.1 Å². The number of sulfonamides is 1. The fourth-order valence-corrected chi connectivity index (χ4v) is 4.58. The van der Waals surface area contributed by atoms with Crippen LogP contribution in [0.25, 0.3) is 0 Å². The molecule has 0 saturated carbocycles. The minimum atomic E-state index is -3.97. The summed E-state index contributed by atoms with van der Waals surface area (Å²) in [4.78, 5) is 12.7. The monoisotopic (exact) mass is 468 g/mol. The molecule has 0 aromatic heterocycles. The van der Waals surface area contributed by atoms with Crippen LogP contribution in [0, 0.1) is 6.92 Å². The number of nitrogens with zero attached hydrogens (tertiary/aromatic N) is 1. The van der Waals surface area contributed by atoms with E-state index in [0.717, 1.165) is 9.87 Å². The molecule has 0 aliphatic heterocycles. The third-order valence-electron chi connectivity index (χ3n) is 4.74. The molecule has 0 aliphatic carbocycles. The first-order valence-corrected chi connectivity index (χ1v) is 12.1. The van der Waals surface area contributed by atoms with Gasteiger partial charge in [-0.2, -0.15) is 0 Å². The predicted molar refractivity (Wildman–Crippen MR) is 128 cm³/mol. The number of carbonyl (C=O) groups excluding carboxylic acids is 1. The molecule has 0 unspecified atom stereocenters. The standard InChI is InChI=1S/C25H28N2O5S/c1-3-31-22-12-14-24(15-13-22)33(29,30)27(21-9-5-4-6-10-21)19-25(28)26-16-17-32-23-11-7-8-20(2)18-23/h4-15,18H,3,16-17,19H2,1-2H3,(H,26,28). The zero-order chi connectivity index (χ0) is 23.7. The highest BCUT2D eigenvalue weighted by Gasteiger charge is 2.27. The van der Waals surface area contributed by atoms with E-state index in [9.17, 15) is 13.2 Å². The van der Waals surface area contributed by atoms with Crippen LogP contribution >= 0.6 is 0 Å². The molecule has 0 bridgehead atoms. The van der Waals surface area contributed by atoms with E-state index in [4.69, 9.17) is 9.47 Å². The van der Waals surface area contributed by atoms with Crippen LogP contribution in [0.3, 0.4) is 0 Å². The van der Waals surface area contributed by atoms with Crippen LogP contribution < -0.4 is 19.1 Å². The number of aryl methyl sites for hydroxylation is 1. The van der Waals surface area contributed by atoms with Crippen LogP contribution in [-0.2, 0) is 14.8 Å². The largest absolute Gasteiger partial charge is 0.494 e. The van der Waals surface area contributed by atoms with Crippen molar-refractivity contribution in [2.24, 2.45) is 0 Å². The molecule has 3 aromatic carbocycles. The maximum atomic E-state index is 13.4. The van der Waals surface area contributed by atoms with Crippen LogP contribution in [0.1, 0.15) is 12.5 Å². The molecule has 33 heavy (non-hydrogen) atoms. The molecule has 0 atom stereocenters. The summed E-state index contributed by atoms with van der Waals surface area (Å²) in [6.07, 6.45) is 0. The van der Waals surface area contributed by atoms with Crippen molar-refractivity contribution in [1.29, 1.82) is 0 Å². The van der Waals surface area contributed by atoms with E-state index in [-0.39, 0.29) is 24.6 Å². The quantitative estimate of drug-likeness (QED) is 0.433. The number of benzene rings is 3. The van der Waals surface area contributed by atoms with Gasteiger partial charge in [0, 0.05) is 0 Å². The van der Waals surface area contributed by atoms with Gasteiger partial charge in [-0.3, -0.25) is 9.10 Å². The Kier molecular flexibility index (Phi) is 8.32. The summed E-state index contributed by atoms with van der Waals surface area (Å²) in [5.41, 5.74) is 1.48. The van der Waals surface area contributed by atoms with Crippen LogP contribution in [0.4, 0.5) is 5.69 Å². The van der Waals surface area contributed by atoms with Crippen molar-refractivity contribution in [3.8, 4) is 11.5 Å². The van der Waals surface area contributed by atoms with Crippen molar-refractivity contribution in [2.75, 3.05) is 30.6 Å². The molecule has 3 aromatic rings. The van der Waals surface area contributed by atoms with Gasteiger partial charge in [-0.05, 0) is 67.9 Å². The highest BCUT2D eigenvalue weighted by molar-refractivity contribution is 7.92. The first kappa shape index (κ1) is 24.1. The Labute approximate surface area is 195 Å². The average molecular weight is 469 g/mol. The smallest absolute Gasteiger partial charge is 0.264 e. The molecule has 0 saturated heterocycles. The second-order valence-corrected chi connectivity index (χ2v) is 9.13. The molecule has 0 heterocycles. The van der Waals surface area contributed by atoms with Crippen molar-refractivity contribution in [3.63, 3.8) is 0 Å². The third-order valence-corrected chi connectivity index (χ3v) is 6.52. The number of nitrogens with one attached hydrogen (secondary N) is 1. The van der Waals surface area contributed by atoms with Gasteiger partial charge in [0.2, 0.25) is 5.91 Å². The molecule has 1 amide bonds. The molecule has 0 fully saturated rings. The Bertz CT molecular complexity index is 1150. The minimum Gasteiger partial charge on any atom is -0.494 e. The van der Waals surface area contributed by atoms with Gasteiger partial charge >= 0.3 is 0 Å². The number of amides is 1. The second-order valence-electron chi connectivity index (χ2n) is 7.27. The van der Waals surface area contributed by atoms with Gasteiger partial charge in [-0.1, -0.05) is 30.3 Å². The fraction of sp³-hybridized carbons (Fsp3) is 0.240. The van der Waals surface area contributed by atoms with Gasteiger partial charge in [0.15, 0.2) is 0 Å². The Morgan fingerprint density at radius 1 is 0.909 bits per heavy atom. The molecule has 174 valence electrons. The number of ether oxygens (including phenoxy) is 2. The lowest BCUT2D eigenvalue weighted by atomic mass is 10.2. The zero-order valence-electron chi connectivity index (χ0n) is 18.7. The molecular formula is C25H28N2O5S. The third kappa shape index (κ3) is 6.73. The van der Waals surface area contributed by atoms with Crippen molar-refractivity contribution in [2.45, 2.75) is 18.7 Å². The highest BCUT2D eigenvalue weighted by Crippen LogP contribution is 2.25. The van der Waals surface area contributed by atoms with Gasteiger partial charge in [-0.15, -0.1) is 0 Å². The number of rotatable bonds is 11. The molecular weight excluding hydrogens is 440 g/mol.